The minimum Gasteiger partial charge on any atom is -0.297 e. The summed E-state index contributed by atoms with van der Waals surface area (Å²) in [4.78, 5) is 0. The normalized spacial score (nSPS) is 15.2. The topological polar surface area (TPSA) is 33.6 Å². The van der Waals surface area contributed by atoms with Gasteiger partial charge in [-0.15, -0.1) is 0 Å². The van der Waals surface area contributed by atoms with E-state index in [4.69, 9.17) is 12.2 Å². The van der Waals surface area contributed by atoms with E-state index in [2.05, 4.69) is 10.2 Å². The third-order valence-electron chi connectivity index (χ3n) is 3.05. The van der Waals surface area contributed by atoms with Crippen molar-refractivity contribution >= 4 is 12.2 Å². The second kappa shape index (κ2) is 3.77. The number of H-pyrrole nitrogens is 1. The van der Waals surface area contributed by atoms with Crippen molar-refractivity contribution < 1.29 is 4.39 Å². The lowest BCUT2D eigenvalue weighted by Gasteiger charge is -2.07. The fraction of sp³-hybridized carbons (Fsp3) is 0.333. The van der Waals surface area contributed by atoms with E-state index in [0.29, 0.717) is 10.8 Å². The van der Waals surface area contributed by atoms with Crippen molar-refractivity contribution in [1.82, 2.24) is 14.8 Å². The highest BCUT2D eigenvalue weighted by Gasteiger charge is 2.28. The lowest BCUT2D eigenvalue weighted by molar-refractivity contribution is 0.626. The maximum Gasteiger partial charge on any atom is 0.195 e. The average Bonchev–Trinajstić information content (AvgIpc) is 3.03. The molecular weight excluding hydrogens is 237 g/mol. The van der Waals surface area contributed by atoms with Gasteiger partial charge in [-0.05, 0) is 55.7 Å². The molecule has 1 saturated carbocycles. The molecule has 0 amide bonds. The summed E-state index contributed by atoms with van der Waals surface area (Å²) >= 11 is 5.23. The zero-order valence-corrected chi connectivity index (χ0v) is 10.2. The van der Waals surface area contributed by atoms with Crippen LogP contribution >= 0.6 is 12.2 Å². The van der Waals surface area contributed by atoms with Crippen molar-refractivity contribution in [1.29, 1.82) is 0 Å². The van der Waals surface area contributed by atoms with E-state index >= 15 is 0 Å². The number of hydrogen-bond donors (Lipinski definition) is 1. The van der Waals surface area contributed by atoms with E-state index in [1.54, 1.807) is 6.07 Å². The van der Waals surface area contributed by atoms with Gasteiger partial charge >= 0.3 is 0 Å². The molecule has 3 nitrogen and oxygen atoms in total. The van der Waals surface area contributed by atoms with E-state index in [9.17, 15) is 4.39 Å². The van der Waals surface area contributed by atoms with Crippen molar-refractivity contribution in [2.45, 2.75) is 25.8 Å². The van der Waals surface area contributed by atoms with Crippen molar-refractivity contribution in [2.24, 2.45) is 0 Å². The van der Waals surface area contributed by atoms with Gasteiger partial charge in [0, 0.05) is 11.6 Å². The van der Waals surface area contributed by atoms with Gasteiger partial charge in [-0.1, -0.05) is 0 Å². The van der Waals surface area contributed by atoms with Crippen molar-refractivity contribution in [3.05, 3.63) is 34.4 Å². The number of rotatable bonds is 2. The molecule has 0 radical (unpaired) electrons. The van der Waals surface area contributed by atoms with Crippen LogP contribution in [0.25, 0.3) is 11.4 Å². The van der Waals surface area contributed by atoms with Gasteiger partial charge in [0.15, 0.2) is 10.6 Å². The highest BCUT2D eigenvalue weighted by molar-refractivity contribution is 7.71. The van der Waals surface area contributed by atoms with E-state index in [1.165, 1.54) is 12.1 Å². The van der Waals surface area contributed by atoms with Crippen LogP contribution in [0.3, 0.4) is 0 Å². The molecule has 1 aromatic carbocycles. The Kier molecular flexibility index (Phi) is 2.36. The zero-order valence-electron chi connectivity index (χ0n) is 9.40. The number of halogens is 1. The highest BCUT2D eigenvalue weighted by Crippen LogP contribution is 2.38. The zero-order chi connectivity index (χ0) is 12.0. The predicted octanol–water partition coefficient (Wildman–Crippen LogP) is 3.39. The van der Waals surface area contributed by atoms with Crippen LogP contribution in [0.15, 0.2) is 18.2 Å². The number of aromatic nitrogens is 3. The smallest absolute Gasteiger partial charge is 0.195 e. The van der Waals surface area contributed by atoms with Gasteiger partial charge in [0.2, 0.25) is 0 Å². The molecule has 3 rings (SSSR count). The summed E-state index contributed by atoms with van der Waals surface area (Å²) in [6.07, 6.45) is 2.28. The van der Waals surface area contributed by atoms with Gasteiger partial charge < -0.3 is 0 Å². The number of nitrogens with zero attached hydrogens (tertiary/aromatic N) is 2. The summed E-state index contributed by atoms with van der Waals surface area (Å²) in [6, 6.07) is 5.19. The van der Waals surface area contributed by atoms with E-state index in [-0.39, 0.29) is 5.82 Å². The molecule has 0 bridgehead atoms. The predicted molar refractivity (Wildman–Crippen MR) is 65.8 cm³/mol. The third-order valence-corrected chi connectivity index (χ3v) is 3.33. The monoisotopic (exact) mass is 249 g/mol. The molecule has 0 saturated heterocycles. The molecule has 0 spiro atoms. The number of hydrogen-bond acceptors (Lipinski definition) is 2. The summed E-state index contributed by atoms with van der Waals surface area (Å²) in [7, 11) is 0. The molecule has 1 fully saturated rings. The minimum atomic E-state index is -0.224. The molecular formula is C12H12FN3S. The lowest BCUT2D eigenvalue weighted by Crippen LogP contribution is -1.99. The molecule has 2 aromatic rings. The Bertz CT molecular complexity index is 625. The van der Waals surface area contributed by atoms with E-state index in [1.807, 2.05) is 11.5 Å². The van der Waals surface area contributed by atoms with Gasteiger partial charge in [0.1, 0.15) is 5.82 Å². The van der Waals surface area contributed by atoms with Crippen LogP contribution in [0.2, 0.25) is 0 Å². The molecule has 1 aromatic heterocycles. The van der Waals surface area contributed by atoms with E-state index in [0.717, 1.165) is 29.8 Å². The molecule has 17 heavy (non-hydrogen) atoms. The van der Waals surface area contributed by atoms with Gasteiger partial charge in [0.25, 0.3) is 0 Å². The van der Waals surface area contributed by atoms with Gasteiger partial charge in [0.05, 0.1) is 0 Å². The summed E-state index contributed by atoms with van der Waals surface area (Å²) in [5.41, 5.74) is 1.81. The Hall–Kier alpha value is -1.49. The first kappa shape index (κ1) is 10.7. The minimum absolute atomic E-state index is 0.224. The molecule has 1 N–H and O–H groups in total. The SMILES string of the molecule is Cc1cc(F)ccc1-c1n[nH]c(=S)n1C1CC1. The molecule has 1 aliphatic carbocycles. The van der Waals surface area contributed by atoms with Crippen molar-refractivity contribution in [2.75, 3.05) is 0 Å². The van der Waals surface area contributed by atoms with Crippen LogP contribution in [0.1, 0.15) is 24.4 Å². The summed E-state index contributed by atoms with van der Waals surface area (Å²) in [6.45, 7) is 1.88. The van der Waals surface area contributed by atoms with Crippen molar-refractivity contribution in [3.63, 3.8) is 0 Å². The van der Waals surface area contributed by atoms with Crippen molar-refractivity contribution in [3.8, 4) is 11.4 Å². The number of benzene rings is 1. The Morgan fingerprint density at radius 2 is 2.24 bits per heavy atom. The van der Waals surface area contributed by atoms with Crippen LogP contribution in [0, 0.1) is 17.5 Å². The second-order valence-electron chi connectivity index (χ2n) is 4.41. The van der Waals surface area contributed by atoms with Crippen LogP contribution in [0.4, 0.5) is 4.39 Å². The molecule has 88 valence electrons. The van der Waals surface area contributed by atoms with Crippen LogP contribution in [-0.4, -0.2) is 14.8 Å². The van der Waals surface area contributed by atoms with E-state index < -0.39 is 0 Å². The summed E-state index contributed by atoms with van der Waals surface area (Å²) in [5, 5.41) is 7.08. The van der Waals surface area contributed by atoms with Crippen LogP contribution < -0.4 is 0 Å². The summed E-state index contributed by atoms with van der Waals surface area (Å²) in [5.74, 6) is 0.591. The Morgan fingerprint density at radius 1 is 1.47 bits per heavy atom. The average molecular weight is 249 g/mol. The van der Waals surface area contributed by atoms with Crippen LogP contribution in [0.5, 0.6) is 0 Å². The third kappa shape index (κ3) is 1.80. The lowest BCUT2D eigenvalue weighted by atomic mass is 10.1. The number of aryl methyl sites for hydroxylation is 1. The maximum absolute atomic E-state index is 13.1. The Morgan fingerprint density at radius 3 is 2.88 bits per heavy atom. The first-order valence-electron chi connectivity index (χ1n) is 5.60. The first-order valence-corrected chi connectivity index (χ1v) is 6.01. The highest BCUT2D eigenvalue weighted by atomic mass is 32.1. The largest absolute Gasteiger partial charge is 0.297 e. The maximum atomic E-state index is 13.1. The first-order chi connectivity index (χ1) is 8.16. The molecule has 0 aliphatic heterocycles. The quantitative estimate of drug-likeness (QED) is 0.828. The fourth-order valence-electron chi connectivity index (χ4n) is 2.04. The van der Waals surface area contributed by atoms with Gasteiger partial charge in [-0.2, -0.15) is 5.10 Å². The number of aromatic amines is 1. The molecule has 5 heteroatoms. The Balaban J connectivity index is 2.18. The van der Waals surface area contributed by atoms with Gasteiger partial charge in [-0.3, -0.25) is 9.67 Å². The Labute approximate surface area is 103 Å². The molecule has 1 heterocycles. The van der Waals surface area contributed by atoms with Gasteiger partial charge in [-0.25, -0.2) is 4.39 Å². The van der Waals surface area contributed by atoms with Crippen LogP contribution in [-0.2, 0) is 0 Å². The molecule has 0 atom stereocenters. The fourth-order valence-corrected chi connectivity index (χ4v) is 2.33. The summed E-state index contributed by atoms with van der Waals surface area (Å²) < 4.78 is 15.8. The second-order valence-corrected chi connectivity index (χ2v) is 4.80. The molecule has 0 unspecified atom stereocenters. The number of nitrogens with one attached hydrogen (secondary N) is 1. The standard InChI is InChI=1S/C12H12FN3S/c1-7-6-8(13)2-5-10(7)11-14-15-12(17)16(11)9-3-4-9/h2,5-6,9H,3-4H2,1H3,(H,15,17). The molecule has 1 aliphatic rings.